The van der Waals surface area contributed by atoms with Crippen LogP contribution in [0.2, 0.25) is 0 Å². The standard InChI is InChI=1S/C17H16BrFN2O3/c1-21(10-11-3-2-4-12(19)7-11)17(22)20-14-9-16-15(8-13(14)18)23-5-6-24-16/h2-4,7-9H,5-6,10H2,1H3,(H,20,22). The van der Waals surface area contributed by atoms with Gasteiger partial charge in [-0.15, -0.1) is 0 Å². The lowest BCUT2D eigenvalue weighted by atomic mass is 10.2. The lowest BCUT2D eigenvalue weighted by Crippen LogP contribution is -2.31. The van der Waals surface area contributed by atoms with E-state index in [1.807, 2.05) is 0 Å². The monoisotopic (exact) mass is 394 g/mol. The summed E-state index contributed by atoms with van der Waals surface area (Å²) in [6, 6.07) is 9.33. The van der Waals surface area contributed by atoms with Crippen molar-refractivity contribution in [1.29, 1.82) is 0 Å². The number of nitrogens with zero attached hydrogens (tertiary/aromatic N) is 1. The predicted octanol–water partition coefficient (Wildman–Crippen LogP) is 4.02. The molecule has 24 heavy (non-hydrogen) atoms. The summed E-state index contributed by atoms with van der Waals surface area (Å²) in [5.41, 5.74) is 1.30. The predicted molar refractivity (Wildman–Crippen MR) is 92.0 cm³/mol. The van der Waals surface area contributed by atoms with Crippen LogP contribution in [0.25, 0.3) is 0 Å². The molecule has 2 aromatic carbocycles. The second-order valence-electron chi connectivity index (χ2n) is 5.39. The number of ether oxygens (including phenoxy) is 2. The minimum absolute atomic E-state index is 0.297. The first-order valence-corrected chi connectivity index (χ1v) is 8.18. The van der Waals surface area contributed by atoms with E-state index in [-0.39, 0.29) is 11.8 Å². The van der Waals surface area contributed by atoms with E-state index in [1.54, 1.807) is 31.3 Å². The quantitative estimate of drug-likeness (QED) is 0.854. The zero-order chi connectivity index (χ0) is 17.1. The van der Waals surface area contributed by atoms with Crippen molar-refractivity contribution < 1.29 is 18.7 Å². The molecule has 126 valence electrons. The van der Waals surface area contributed by atoms with Crippen LogP contribution in [0.15, 0.2) is 40.9 Å². The Balaban J connectivity index is 1.70. The number of carbonyl (C=O) groups is 1. The second kappa shape index (κ2) is 7.09. The first kappa shape index (κ1) is 16.6. The summed E-state index contributed by atoms with van der Waals surface area (Å²) in [6.07, 6.45) is 0. The highest BCUT2D eigenvalue weighted by molar-refractivity contribution is 9.10. The van der Waals surface area contributed by atoms with Crippen molar-refractivity contribution in [3.63, 3.8) is 0 Å². The third kappa shape index (κ3) is 3.79. The summed E-state index contributed by atoms with van der Waals surface area (Å²) in [7, 11) is 1.65. The van der Waals surface area contributed by atoms with Gasteiger partial charge in [0, 0.05) is 30.2 Å². The molecule has 5 nitrogen and oxygen atoms in total. The molecule has 2 amide bonds. The molecule has 0 atom stereocenters. The highest BCUT2D eigenvalue weighted by Crippen LogP contribution is 2.38. The van der Waals surface area contributed by atoms with Gasteiger partial charge in [-0.25, -0.2) is 9.18 Å². The Morgan fingerprint density at radius 3 is 2.67 bits per heavy atom. The Morgan fingerprint density at radius 2 is 1.96 bits per heavy atom. The summed E-state index contributed by atoms with van der Waals surface area (Å²) in [5, 5.41) is 2.81. The fourth-order valence-electron chi connectivity index (χ4n) is 2.35. The van der Waals surface area contributed by atoms with Gasteiger partial charge in [0.2, 0.25) is 0 Å². The number of hydrogen-bond acceptors (Lipinski definition) is 3. The van der Waals surface area contributed by atoms with Gasteiger partial charge in [0.05, 0.1) is 5.69 Å². The number of rotatable bonds is 3. The smallest absolute Gasteiger partial charge is 0.321 e. The van der Waals surface area contributed by atoms with Crippen LogP contribution in [0.5, 0.6) is 11.5 Å². The van der Waals surface area contributed by atoms with E-state index in [0.29, 0.717) is 47.0 Å². The van der Waals surface area contributed by atoms with Gasteiger partial charge in [0.15, 0.2) is 11.5 Å². The molecule has 0 aliphatic carbocycles. The molecule has 1 aliphatic rings. The van der Waals surface area contributed by atoms with E-state index in [1.165, 1.54) is 17.0 Å². The Hall–Kier alpha value is -2.28. The van der Waals surface area contributed by atoms with Crippen molar-refractivity contribution in [3.8, 4) is 11.5 Å². The van der Waals surface area contributed by atoms with Crippen molar-refractivity contribution in [2.75, 3.05) is 25.6 Å². The van der Waals surface area contributed by atoms with Crippen molar-refractivity contribution in [3.05, 3.63) is 52.3 Å². The molecule has 1 heterocycles. The van der Waals surface area contributed by atoms with Gasteiger partial charge >= 0.3 is 6.03 Å². The van der Waals surface area contributed by atoms with Crippen LogP contribution in [0.3, 0.4) is 0 Å². The van der Waals surface area contributed by atoms with Gasteiger partial charge in [-0.1, -0.05) is 12.1 Å². The van der Waals surface area contributed by atoms with Gasteiger partial charge in [-0.3, -0.25) is 0 Å². The van der Waals surface area contributed by atoms with Crippen LogP contribution >= 0.6 is 15.9 Å². The topological polar surface area (TPSA) is 50.8 Å². The van der Waals surface area contributed by atoms with Crippen LogP contribution in [-0.2, 0) is 6.54 Å². The average molecular weight is 395 g/mol. The Kier molecular flexibility index (Phi) is 4.89. The highest BCUT2D eigenvalue weighted by atomic mass is 79.9. The van der Waals surface area contributed by atoms with Crippen molar-refractivity contribution in [1.82, 2.24) is 4.90 Å². The van der Waals surface area contributed by atoms with Gasteiger partial charge < -0.3 is 19.7 Å². The minimum atomic E-state index is -0.323. The van der Waals surface area contributed by atoms with E-state index < -0.39 is 0 Å². The van der Waals surface area contributed by atoms with E-state index >= 15 is 0 Å². The highest BCUT2D eigenvalue weighted by Gasteiger charge is 2.17. The number of benzene rings is 2. The molecular formula is C17H16BrFN2O3. The maximum Gasteiger partial charge on any atom is 0.321 e. The first-order valence-electron chi connectivity index (χ1n) is 7.38. The molecule has 3 rings (SSSR count). The van der Waals surface area contributed by atoms with Crippen LogP contribution in [0.1, 0.15) is 5.56 Å². The molecule has 2 aromatic rings. The third-order valence-corrected chi connectivity index (χ3v) is 4.19. The largest absolute Gasteiger partial charge is 0.486 e. The fraction of sp³-hybridized carbons (Fsp3) is 0.235. The van der Waals surface area contributed by atoms with E-state index in [9.17, 15) is 9.18 Å². The minimum Gasteiger partial charge on any atom is -0.486 e. The average Bonchev–Trinajstić information content (AvgIpc) is 2.55. The summed E-state index contributed by atoms with van der Waals surface area (Å²) < 4.78 is 24.9. The SMILES string of the molecule is CN(Cc1cccc(F)c1)C(=O)Nc1cc2c(cc1Br)OCCO2. The molecule has 0 bridgehead atoms. The van der Waals surface area contributed by atoms with Crippen molar-refractivity contribution in [2.45, 2.75) is 6.54 Å². The number of nitrogens with one attached hydrogen (secondary N) is 1. The summed E-state index contributed by atoms with van der Waals surface area (Å²) in [5.74, 6) is 0.905. The van der Waals surface area contributed by atoms with E-state index in [4.69, 9.17) is 9.47 Å². The molecular weight excluding hydrogens is 379 g/mol. The summed E-state index contributed by atoms with van der Waals surface area (Å²) >= 11 is 3.41. The summed E-state index contributed by atoms with van der Waals surface area (Å²) in [4.78, 5) is 13.8. The molecule has 1 aliphatic heterocycles. The molecule has 0 unspecified atom stereocenters. The van der Waals surface area contributed by atoms with Gasteiger partial charge in [-0.2, -0.15) is 0 Å². The molecule has 0 spiro atoms. The zero-order valence-corrected chi connectivity index (χ0v) is 14.6. The first-order chi connectivity index (χ1) is 11.5. The lowest BCUT2D eigenvalue weighted by Gasteiger charge is -2.22. The third-order valence-electron chi connectivity index (χ3n) is 3.53. The van der Waals surface area contributed by atoms with Crippen LogP contribution in [0.4, 0.5) is 14.9 Å². The Bertz CT molecular complexity index is 769. The number of amides is 2. The number of fused-ring (bicyclic) bond motifs is 1. The van der Waals surface area contributed by atoms with Gasteiger partial charge in [0.25, 0.3) is 0 Å². The van der Waals surface area contributed by atoms with Crippen LogP contribution in [0, 0.1) is 5.82 Å². The molecule has 0 saturated heterocycles. The lowest BCUT2D eigenvalue weighted by molar-refractivity contribution is 0.171. The van der Waals surface area contributed by atoms with Crippen molar-refractivity contribution >= 4 is 27.6 Å². The maximum absolute atomic E-state index is 13.2. The van der Waals surface area contributed by atoms with Crippen molar-refractivity contribution in [2.24, 2.45) is 0 Å². The second-order valence-corrected chi connectivity index (χ2v) is 6.25. The normalized spacial score (nSPS) is 12.6. The van der Waals surface area contributed by atoms with E-state index in [2.05, 4.69) is 21.2 Å². The summed E-state index contributed by atoms with van der Waals surface area (Å²) in [6.45, 7) is 1.27. The van der Waals surface area contributed by atoms with Crippen LogP contribution in [-0.4, -0.2) is 31.2 Å². The fourth-order valence-corrected chi connectivity index (χ4v) is 2.77. The van der Waals surface area contributed by atoms with Gasteiger partial charge in [-0.05, 0) is 33.6 Å². The molecule has 0 saturated carbocycles. The number of hydrogen-bond donors (Lipinski definition) is 1. The number of halogens is 2. The number of anilines is 1. The molecule has 7 heteroatoms. The number of carbonyl (C=O) groups excluding carboxylic acids is 1. The van der Waals surface area contributed by atoms with Gasteiger partial charge in [0.1, 0.15) is 19.0 Å². The molecule has 0 radical (unpaired) electrons. The maximum atomic E-state index is 13.2. The Labute approximate surface area is 147 Å². The van der Waals surface area contributed by atoms with E-state index in [0.717, 1.165) is 0 Å². The molecule has 0 aromatic heterocycles. The zero-order valence-electron chi connectivity index (χ0n) is 13.0. The molecule has 1 N–H and O–H groups in total. The van der Waals surface area contributed by atoms with Crippen LogP contribution < -0.4 is 14.8 Å². The number of urea groups is 1. The molecule has 0 fully saturated rings. The Morgan fingerprint density at radius 1 is 1.25 bits per heavy atom.